The number of carbonyl (C=O) groups excluding carboxylic acids is 2. The van der Waals surface area contributed by atoms with Crippen molar-refractivity contribution in [3.63, 3.8) is 0 Å². The molecule has 0 atom stereocenters. The minimum atomic E-state index is -0.306. The summed E-state index contributed by atoms with van der Waals surface area (Å²) in [6.45, 7) is 4.19. The Morgan fingerprint density at radius 3 is 2.75 bits per heavy atom. The van der Waals surface area contributed by atoms with Crippen molar-refractivity contribution in [2.45, 2.75) is 32.7 Å². The van der Waals surface area contributed by atoms with E-state index in [0.29, 0.717) is 35.3 Å². The molecule has 1 saturated carbocycles. The third-order valence-corrected chi connectivity index (χ3v) is 6.37. The van der Waals surface area contributed by atoms with Gasteiger partial charge in [-0.1, -0.05) is 36.3 Å². The Balaban J connectivity index is 1.38. The van der Waals surface area contributed by atoms with Crippen LogP contribution in [0.3, 0.4) is 0 Å². The first-order valence-corrected chi connectivity index (χ1v) is 10.4. The van der Waals surface area contributed by atoms with Crippen LogP contribution in [0.4, 0.5) is 14.3 Å². The fourth-order valence-corrected chi connectivity index (χ4v) is 4.29. The van der Waals surface area contributed by atoms with E-state index in [2.05, 4.69) is 10.3 Å². The van der Waals surface area contributed by atoms with Crippen molar-refractivity contribution in [2.24, 2.45) is 5.92 Å². The van der Waals surface area contributed by atoms with Crippen LogP contribution in [-0.4, -0.2) is 41.5 Å². The predicted molar refractivity (Wildman–Crippen MR) is 106 cm³/mol. The van der Waals surface area contributed by atoms with Gasteiger partial charge < -0.3 is 10.2 Å². The normalized spacial score (nSPS) is 16.7. The largest absolute Gasteiger partial charge is 0.347 e. The number of hydrogen-bond donors (Lipinski definition) is 1. The molecule has 1 aromatic carbocycles. The molecule has 0 bridgehead atoms. The lowest BCUT2D eigenvalue weighted by atomic mass is 10.2. The number of anilines is 1. The molecular formula is C20H23FN4O2S. The molecule has 1 saturated heterocycles. The standard InChI is InChI=1S/C20H23FN4O2S/c1-13-17(18(26)22-12-15-4-6-16(21)7-5-15)28-19(23-13)25-11-10-24(20(25)27)9-8-14-2-3-14/h4-7,14H,2-3,8-12H2,1H3,(H,22,26). The summed E-state index contributed by atoms with van der Waals surface area (Å²) in [5, 5.41) is 3.41. The van der Waals surface area contributed by atoms with Crippen LogP contribution in [0.25, 0.3) is 0 Å². The number of nitrogens with zero attached hydrogens (tertiary/aromatic N) is 3. The fraction of sp³-hybridized carbons (Fsp3) is 0.450. The van der Waals surface area contributed by atoms with Crippen LogP contribution < -0.4 is 10.2 Å². The highest BCUT2D eigenvalue weighted by Crippen LogP contribution is 2.33. The Labute approximate surface area is 167 Å². The van der Waals surface area contributed by atoms with E-state index in [9.17, 15) is 14.0 Å². The molecule has 3 amide bonds. The van der Waals surface area contributed by atoms with Crippen molar-refractivity contribution in [2.75, 3.05) is 24.5 Å². The lowest BCUT2D eigenvalue weighted by Gasteiger charge is -2.16. The number of aryl methyl sites for hydroxylation is 1. The third-order valence-electron chi connectivity index (χ3n) is 5.19. The van der Waals surface area contributed by atoms with Crippen LogP contribution in [0.2, 0.25) is 0 Å². The van der Waals surface area contributed by atoms with Gasteiger partial charge in [0.05, 0.1) is 5.69 Å². The van der Waals surface area contributed by atoms with Gasteiger partial charge in [-0.2, -0.15) is 0 Å². The number of benzene rings is 1. The van der Waals surface area contributed by atoms with E-state index in [1.807, 2.05) is 4.90 Å². The number of amides is 3. The maximum absolute atomic E-state index is 13.0. The SMILES string of the molecule is Cc1nc(N2CCN(CCC3CC3)C2=O)sc1C(=O)NCc1ccc(F)cc1. The molecule has 2 aliphatic rings. The number of halogens is 1. The molecule has 4 rings (SSSR count). The lowest BCUT2D eigenvalue weighted by molar-refractivity contribution is 0.0954. The van der Waals surface area contributed by atoms with Crippen molar-refractivity contribution in [1.29, 1.82) is 0 Å². The minimum absolute atomic E-state index is 0.0207. The second kappa shape index (κ2) is 7.87. The van der Waals surface area contributed by atoms with Gasteiger partial charge in [-0.3, -0.25) is 9.69 Å². The fourth-order valence-electron chi connectivity index (χ4n) is 3.29. The Kier molecular flexibility index (Phi) is 5.30. The maximum atomic E-state index is 13.0. The van der Waals surface area contributed by atoms with Gasteiger partial charge in [-0.15, -0.1) is 0 Å². The highest BCUT2D eigenvalue weighted by molar-refractivity contribution is 7.17. The zero-order chi connectivity index (χ0) is 19.7. The average molecular weight is 402 g/mol. The summed E-state index contributed by atoms with van der Waals surface area (Å²) >= 11 is 1.24. The Hall–Kier alpha value is -2.48. The second-order valence-corrected chi connectivity index (χ2v) is 8.35. The third kappa shape index (κ3) is 4.16. The molecule has 1 aromatic heterocycles. The Bertz CT molecular complexity index is 879. The molecule has 28 heavy (non-hydrogen) atoms. The van der Waals surface area contributed by atoms with Gasteiger partial charge in [0, 0.05) is 26.2 Å². The molecule has 8 heteroatoms. The van der Waals surface area contributed by atoms with E-state index in [1.165, 1.54) is 36.3 Å². The van der Waals surface area contributed by atoms with E-state index < -0.39 is 0 Å². The summed E-state index contributed by atoms with van der Waals surface area (Å²) in [6, 6.07) is 5.99. The number of carbonyl (C=O) groups is 2. The highest BCUT2D eigenvalue weighted by atomic mass is 32.1. The number of aromatic nitrogens is 1. The molecular weight excluding hydrogens is 379 g/mol. The smallest absolute Gasteiger partial charge is 0.326 e. The summed E-state index contributed by atoms with van der Waals surface area (Å²) in [7, 11) is 0. The van der Waals surface area contributed by atoms with E-state index in [-0.39, 0.29) is 17.8 Å². The van der Waals surface area contributed by atoms with Gasteiger partial charge in [0.1, 0.15) is 10.7 Å². The molecule has 1 aliphatic heterocycles. The van der Waals surface area contributed by atoms with Crippen LogP contribution in [0.5, 0.6) is 0 Å². The van der Waals surface area contributed by atoms with Crippen molar-refractivity contribution < 1.29 is 14.0 Å². The van der Waals surface area contributed by atoms with Crippen molar-refractivity contribution in [3.05, 3.63) is 46.2 Å². The van der Waals surface area contributed by atoms with E-state index in [0.717, 1.165) is 24.4 Å². The van der Waals surface area contributed by atoms with Gasteiger partial charge in [0.15, 0.2) is 5.13 Å². The molecule has 1 aliphatic carbocycles. The van der Waals surface area contributed by atoms with Crippen LogP contribution in [-0.2, 0) is 6.54 Å². The highest BCUT2D eigenvalue weighted by Gasteiger charge is 2.33. The number of urea groups is 1. The molecule has 2 fully saturated rings. The molecule has 1 N–H and O–H groups in total. The van der Waals surface area contributed by atoms with E-state index >= 15 is 0 Å². The molecule has 0 unspecified atom stereocenters. The second-order valence-electron chi connectivity index (χ2n) is 7.37. The van der Waals surface area contributed by atoms with Crippen LogP contribution >= 0.6 is 11.3 Å². The van der Waals surface area contributed by atoms with Crippen LogP contribution in [0, 0.1) is 18.7 Å². The first-order valence-electron chi connectivity index (χ1n) is 9.58. The van der Waals surface area contributed by atoms with Gasteiger partial charge in [0.25, 0.3) is 5.91 Å². The van der Waals surface area contributed by atoms with Crippen LogP contribution in [0.1, 0.15) is 40.2 Å². The maximum Gasteiger partial charge on any atom is 0.326 e. The summed E-state index contributed by atoms with van der Waals surface area (Å²) in [5.41, 5.74) is 1.43. The van der Waals surface area contributed by atoms with Crippen molar-refractivity contribution in [3.8, 4) is 0 Å². The quantitative estimate of drug-likeness (QED) is 0.770. The van der Waals surface area contributed by atoms with E-state index in [1.54, 1.807) is 24.0 Å². The summed E-state index contributed by atoms with van der Waals surface area (Å²) in [6.07, 6.45) is 3.65. The van der Waals surface area contributed by atoms with E-state index in [4.69, 9.17) is 0 Å². The van der Waals surface area contributed by atoms with Gasteiger partial charge in [-0.05, 0) is 37.0 Å². The molecule has 2 aromatic rings. The first-order chi connectivity index (χ1) is 13.5. The molecule has 148 valence electrons. The minimum Gasteiger partial charge on any atom is -0.347 e. The predicted octanol–water partition coefficient (Wildman–Crippen LogP) is 3.56. The zero-order valence-corrected chi connectivity index (χ0v) is 16.6. The Morgan fingerprint density at radius 1 is 1.29 bits per heavy atom. The summed E-state index contributed by atoms with van der Waals surface area (Å²) in [4.78, 5) is 33.7. The lowest BCUT2D eigenvalue weighted by Crippen LogP contribution is -2.32. The van der Waals surface area contributed by atoms with Gasteiger partial charge in [-0.25, -0.2) is 14.2 Å². The van der Waals surface area contributed by atoms with Crippen molar-refractivity contribution in [1.82, 2.24) is 15.2 Å². The molecule has 0 spiro atoms. The first kappa shape index (κ1) is 18.9. The average Bonchev–Trinajstić information content (AvgIpc) is 3.33. The zero-order valence-electron chi connectivity index (χ0n) is 15.8. The van der Waals surface area contributed by atoms with Crippen molar-refractivity contribution >= 4 is 28.4 Å². The van der Waals surface area contributed by atoms with Crippen LogP contribution in [0.15, 0.2) is 24.3 Å². The Morgan fingerprint density at radius 2 is 2.04 bits per heavy atom. The molecule has 6 nitrogen and oxygen atoms in total. The van der Waals surface area contributed by atoms with Gasteiger partial charge >= 0.3 is 6.03 Å². The number of rotatable bonds is 7. The topological polar surface area (TPSA) is 65.5 Å². The number of nitrogens with one attached hydrogen (secondary N) is 1. The molecule has 2 heterocycles. The molecule has 0 radical (unpaired) electrons. The summed E-state index contributed by atoms with van der Waals surface area (Å²) < 4.78 is 13.0. The number of hydrogen-bond acceptors (Lipinski definition) is 4. The van der Waals surface area contributed by atoms with Gasteiger partial charge in [0.2, 0.25) is 0 Å². The number of thiazole rings is 1. The summed E-state index contributed by atoms with van der Waals surface area (Å²) in [5.74, 6) is 0.252. The monoisotopic (exact) mass is 402 g/mol.